The van der Waals surface area contributed by atoms with Gasteiger partial charge in [0.2, 0.25) is 0 Å². The zero-order valence-corrected chi connectivity index (χ0v) is 14.0. The molecule has 0 aliphatic heterocycles. The minimum atomic E-state index is -4.55. The van der Waals surface area contributed by atoms with Gasteiger partial charge in [-0.05, 0) is 31.0 Å². The van der Waals surface area contributed by atoms with Crippen LogP contribution in [-0.2, 0) is 20.5 Å². The fourth-order valence-electron chi connectivity index (χ4n) is 1.41. The molecule has 0 saturated heterocycles. The van der Waals surface area contributed by atoms with Gasteiger partial charge in [0.15, 0.2) is 0 Å². The first-order valence-electron chi connectivity index (χ1n) is 6.99. The molecule has 0 heterocycles. The first-order chi connectivity index (χ1) is 10.2. The number of phosphoric acid groups is 1. The molecule has 126 valence electrons. The van der Waals surface area contributed by atoms with Crippen LogP contribution < -0.4 is 10.3 Å². The molecule has 0 aliphatic carbocycles. The summed E-state index contributed by atoms with van der Waals surface area (Å²) in [6, 6.07) is 5.17. The summed E-state index contributed by atoms with van der Waals surface area (Å²) >= 11 is 0. The SMILES string of the molecule is CCC.CCOC(=O)C(N)Cc1ccc(OP(=O)(O)O)cc1. The lowest BCUT2D eigenvalue weighted by atomic mass is 10.1. The summed E-state index contributed by atoms with van der Waals surface area (Å²) in [5.74, 6) is -0.445. The molecule has 1 rings (SSSR count). The molecule has 0 saturated carbocycles. The Kier molecular flexibility index (Phi) is 9.69. The van der Waals surface area contributed by atoms with Crippen molar-refractivity contribution < 1.29 is 28.4 Å². The van der Waals surface area contributed by atoms with Crippen molar-refractivity contribution in [3.63, 3.8) is 0 Å². The number of carbonyl (C=O) groups is 1. The van der Waals surface area contributed by atoms with Crippen LogP contribution in [0.2, 0.25) is 0 Å². The Morgan fingerprint density at radius 3 is 2.14 bits per heavy atom. The van der Waals surface area contributed by atoms with E-state index in [1.54, 1.807) is 19.1 Å². The van der Waals surface area contributed by atoms with Crippen LogP contribution in [0.25, 0.3) is 0 Å². The molecule has 4 N–H and O–H groups in total. The molecule has 0 radical (unpaired) electrons. The topological polar surface area (TPSA) is 119 Å². The van der Waals surface area contributed by atoms with Crippen molar-refractivity contribution in [3.8, 4) is 5.75 Å². The summed E-state index contributed by atoms with van der Waals surface area (Å²) in [4.78, 5) is 28.6. The Labute approximate surface area is 130 Å². The normalized spacial score (nSPS) is 11.9. The predicted molar refractivity (Wildman–Crippen MR) is 83.4 cm³/mol. The summed E-state index contributed by atoms with van der Waals surface area (Å²) in [6.07, 6.45) is 1.52. The fraction of sp³-hybridized carbons (Fsp3) is 0.500. The summed E-state index contributed by atoms with van der Waals surface area (Å²) < 4.78 is 19.8. The van der Waals surface area contributed by atoms with Gasteiger partial charge in [-0.25, -0.2) is 4.57 Å². The molecule has 0 aliphatic rings. The van der Waals surface area contributed by atoms with Crippen LogP contribution in [0.1, 0.15) is 32.8 Å². The van der Waals surface area contributed by atoms with Crippen LogP contribution in [-0.4, -0.2) is 28.4 Å². The Hall–Kier alpha value is -1.40. The number of benzene rings is 1. The number of nitrogens with two attached hydrogens (primary N) is 1. The lowest BCUT2D eigenvalue weighted by molar-refractivity contribution is -0.144. The quantitative estimate of drug-likeness (QED) is 0.538. The van der Waals surface area contributed by atoms with E-state index in [9.17, 15) is 9.36 Å². The van der Waals surface area contributed by atoms with Crippen molar-refractivity contribution in [2.24, 2.45) is 5.73 Å². The van der Waals surface area contributed by atoms with Gasteiger partial charge >= 0.3 is 13.8 Å². The summed E-state index contributed by atoms with van der Waals surface area (Å²) in [5.41, 5.74) is 6.38. The van der Waals surface area contributed by atoms with Crippen LogP contribution in [0.3, 0.4) is 0 Å². The average molecular weight is 333 g/mol. The van der Waals surface area contributed by atoms with Crippen molar-refractivity contribution in [1.29, 1.82) is 0 Å². The number of hydrogen-bond donors (Lipinski definition) is 3. The lowest BCUT2D eigenvalue weighted by Gasteiger charge is -2.11. The Bertz CT molecular complexity index is 485. The van der Waals surface area contributed by atoms with Gasteiger partial charge in [0.05, 0.1) is 6.61 Å². The molecular weight excluding hydrogens is 309 g/mol. The van der Waals surface area contributed by atoms with Crippen molar-refractivity contribution in [2.75, 3.05) is 6.61 Å². The fourth-order valence-corrected chi connectivity index (χ4v) is 1.81. The minimum Gasteiger partial charge on any atom is -0.465 e. The van der Waals surface area contributed by atoms with Gasteiger partial charge in [-0.15, -0.1) is 0 Å². The summed E-state index contributed by atoms with van der Waals surface area (Å²) in [7, 11) is -4.55. The maximum atomic E-state index is 11.3. The van der Waals surface area contributed by atoms with E-state index in [4.69, 9.17) is 20.3 Å². The second-order valence-electron chi connectivity index (χ2n) is 4.50. The molecule has 0 fully saturated rings. The number of ether oxygens (including phenoxy) is 1. The second-order valence-corrected chi connectivity index (χ2v) is 5.66. The zero-order chi connectivity index (χ0) is 17.2. The molecule has 0 aromatic heterocycles. The van der Waals surface area contributed by atoms with Gasteiger partial charge in [0, 0.05) is 0 Å². The van der Waals surface area contributed by atoms with Gasteiger partial charge in [-0.1, -0.05) is 32.4 Å². The molecule has 0 spiro atoms. The number of hydrogen-bond acceptors (Lipinski definition) is 5. The minimum absolute atomic E-state index is 0.0433. The average Bonchev–Trinajstić information content (AvgIpc) is 2.40. The molecule has 1 aromatic rings. The Morgan fingerprint density at radius 1 is 1.23 bits per heavy atom. The van der Waals surface area contributed by atoms with Crippen molar-refractivity contribution in [1.82, 2.24) is 0 Å². The molecule has 0 amide bonds. The predicted octanol–water partition coefficient (Wildman–Crippen LogP) is 2.01. The maximum Gasteiger partial charge on any atom is 0.524 e. The number of phosphoric ester groups is 1. The molecule has 1 aromatic carbocycles. The van der Waals surface area contributed by atoms with Crippen molar-refractivity contribution in [3.05, 3.63) is 29.8 Å². The highest BCUT2D eigenvalue weighted by atomic mass is 31.2. The van der Waals surface area contributed by atoms with Crippen LogP contribution in [0.15, 0.2) is 24.3 Å². The Balaban J connectivity index is 0.00000135. The zero-order valence-electron chi connectivity index (χ0n) is 13.1. The largest absolute Gasteiger partial charge is 0.524 e. The molecule has 1 atom stereocenters. The van der Waals surface area contributed by atoms with E-state index >= 15 is 0 Å². The molecule has 8 heteroatoms. The van der Waals surface area contributed by atoms with Gasteiger partial charge in [0.25, 0.3) is 0 Å². The summed E-state index contributed by atoms with van der Waals surface area (Å²) in [5, 5.41) is 0. The standard InChI is InChI=1S/C11H16NO6P.C3H8/c1-2-17-11(13)10(12)7-8-3-5-9(6-4-8)18-19(14,15)16;1-3-2/h3-6,10H,2,7,12H2,1H3,(H2,14,15,16);3H2,1-2H3. The number of rotatable bonds is 6. The van der Waals surface area contributed by atoms with Gasteiger partial charge in [-0.3, -0.25) is 14.6 Å². The highest BCUT2D eigenvalue weighted by Crippen LogP contribution is 2.37. The first-order valence-corrected chi connectivity index (χ1v) is 8.52. The van der Waals surface area contributed by atoms with Crippen LogP contribution in [0.4, 0.5) is 0 Å². The van der Waals surface area contributed by atoms with E-state index in [-0.39, 0.29) is 18.8 Å². The van der Waals surface area contributed by atoms with E-state index in [0.29, 0.717) is 0 Å². The van der Waals surface area contributed by atoms with Gasteiger partial charge in [-0.2, -0.15) is 0 Å². The van der Waals surface area contributed by atoms with Crippen molar-refractivity contribution in [2.45, 2.75) is 39.7 Å². The van der Waals surface area contributed by atoms with Gasteiger partial charge in [0.1, 0.15) is 11.8 Å². The number of carbonyl (C=O) groups excluding carboxylic acids is 1. The monoisotopic (exact) mass is 333 g/mol. The highest BCUT2D eigenvalue weighted by Gasteiger charge is 2.17. The third-order valence-corrected chi connectivity index (χ3v) is 2.64. The third-order valence-electron chi connectivity index (χ3n) is 2.19. The first kappa shape index (κ1) is 20.6. The van der Waals surface area contributed by atoms with Crippen LogP contribution in [0, 0.1) is 0 Å². The lowest BCUT2D eigenvalue weighted by Crippen LogP contribution is -2.34. The van der Waals surface area contributed by atoms with Gasteiger partial charge < -0.3 is 15.0 Å². The van der Waals surface area contributed by atoms with E-state index < -0.39 is 19.8 Å². The molecule has 22 heavy (non-hydrogen) atoms. The Morgan fingerprint density at radius 2 is 1.73 bits per heavy atom. The van der Waals surface area contributed by atoms with E-state index in [1.165, 1.54) is 18.6 Å². The number of esters is 1. The van der Waals surface area contributed by atoms with Crippen LogP contribution >= 0.6 is 7.82 Å². The maximum absolute atomic E-state index is 11.3. The molecular formula is C14H24NO6P. The summed E-state index contributed by atoms with van der Waals surface area (Å²) in [6.45, 7) is 6.21. The highest BCUT2D eigenvalue weighted by molar-refractivity contribution is 7.46. The molecule has 1 unspecified atom stereocenters. The van der Waals surface area contributed by atoms with Crippen molar-refractivity contribution >= 4 is 13.8 Å². The van der Waals surface area contributed by atoms with E-state index in [1.807, 2.05) is 0 Å². The smallest absolute Gasteiger partial charge is 0.465 e. The third kappa shape index (κ3) is 9.52. The second kappa shape index (κ2) is 10.3. The molecule has 0 bridgehead atoms. The molecule has 7 nitrogen and oxygen atoms in total. The van der Waals surface area contributed by atoms with E-state index in [2.05, 4.69) is 18.4 Å². The van der Waals surface area contributed by atoms with Crippen LogP contribution in [0.5, 0.6) is 5.75 Å². The van der Waals surface area contributed by atoms with E-state index in [0.717, 1.165) is 5.56 Å².